The molecule has 1 aliphatic rings. The van der Waals surface area contributed by atoms with Gasteiger partial charge in [0.2, 0.25) is 10.0 Å². The molecule has 1 fully saturated rings. The summed E-state index contributed by atoms with van der Waals surface area (Å²) in [5.74, 6) is 0.371. The predicted octanol–water partition coefficient (Wildman–Crippen LogP) is 1.96. The molecule has 1 saturated heterocycles. The number of sulfonamides is 1. The van der Waals surface area contributed by atoms with Gasteiger partial charge in [-0.05, 0) is 44.0 Å². The Hall–Kier alpha value is -0.620. The van der Waals surface area contributed by atoms with Crippen molar-refractivity contribution in [2.45, 2.75) is 17.7 Å². The molecule has 0 saturated carbocycles. The highest BCUT2D eigenvalue weighted by atomic mass is 35.5. The highest BCUT2D eigenvalue weighted by Gasteiger charge is 2.26. The van der Waals surface area contributed by atoms with E-state index in [-0.39, 0.29) is 9.92 Å². The van der Waals surface area contributed by atoms with Crippen molar-refractivity contribution in [1.29, 1.82) is 0 Å². The molecule has 1 unspecified atom stereocenters. The van der Waals surface area contributed by atoms with Crippen LogP contribution in [0.15, 0.2) is 29.2 Å². The lowest BCUT2D eigenvalue weighted by atomic mass is 10.00. The van der Waals surface area contributed by atoms with Gasteiger partial charge < -0.3 is 5.32 Å². The zero-order chi connectivity index (χ0) is 13.9. The molecule has 1 aliphatic heterocycles. The second kappa shape index (κ2) is 6.22. The lowest BCUT2D eigenvalue weighted by Gasteiger charge is -2.27. The largest absolute Gasteiger partial charge is 0.316 e. The van der Waals surface area contributed by atoms with Crippen molar-refractivity contribution in [2.24, 2.45) is 5.92 Å². The van der Waals surface area contributed by atoms with Gasteiger partial charge in [0.05, 0.1) is 5.02 Å². The van der Waals surface area contributed by atoms with Gasteiger partial charge in [-0.25, -0.2) is 12.7 Å². The molecule has 106 valence electrons. The van der Waals surface area contributed by atoms with Gasteiger partial charge in [0.25, 0.3) is 0 Å². The van der Waals surface area contributed by atoms with E-state index in [1.54, 1.807) is 31.3 Å². The zero-order valence-corrected chi connectivity index (χ0v) is 12.5. The number of nitrogens with zero attached hydrogens (tertiary/aromatic N) is 1. The Kier molecular flexibility index (Phi) is 4.84. The highest BCUT2D eigenvalue weighted by molar-refractivity contribution is 7.89. The second-order valence-corrected chi connectivity index (χ2v) is 7.35. The SMILES string of the molecule is CN(CC1CCCNC1)S(=O)(=O)c1ccccc1Cl. The maximum Gasteiger partial charge on any atom is 0.244 e. The smallest absolute Gasteiger partial charge is 0.244 e. The topological polar surface area (TPSA) is 49.4 Å². The average Bonchev–Trinajstić information content (AvgIpc) is 2.40. The standard InChI is InChI=1S/C13H19ClN2O2S/c1-16(10-11-5-4-8-15-9-11)19(17,18)13-7-3-2-6-12(13)14/h2-3,6-7,11,15H,4-5,8-10H2,1H3. The third-order valence-electron chi connectivity index (χ3n) is 3.44. The van der Waals surface area contributed by atoms with E-state index in [1.807, 2.05) is 0 Å². The maximum absolute atomic E-state index is 12.4. The first-order valence-corrected chi connectivity index (χ1v) is 8.25. The summed E-state index contributed by atoms with van der Waals surface area (Å²) in [6.07, 6.45) is 2.17. The van der Waals surface area contributed by atoms with Crippen molar-refractivity contribution < 1.29 is 8.42 Å². The van der Waals surface area contributed by atoms with E-state index >= 15 is 0 Å². The van der Waals surface area contributed by atoms with Gasteiger partial charge in [-0.3, -0.25) is 0 Å². The van der Waals surface area contributed by atoms with E-state index in [0.29, 0.717) is 12.5 Å². The number of piperidine rings is 1. The molecule has 0 spiro atoms. The van der Waals surface area contributed by atoms with Gasteiger partial charge >= 0.3 is 0 Å². The van der Waals surface area contributed by atoms with Crippen LogP contribution in [0.5, 0.6) is 0 Å². The monoisotopic (exact) mass is 302 g/mol. The van der Waals surface area contributed by atoms with E-state index < -0.39 is 10.0 Å². The van der Waals surface area contributed by atoms with Gasteiger partial charge in [-0.15, -0.1) is 0 Å². The van der Waals surface area contributed by atoms with Gasteiger partial charge in [0, 0.05) is 13.6 Å². The Labute approximate surface area is 119 Å². The molecule has 1 heterocycles. The lowest BCUT2D eigenvalue weighted by Crippen LogP contribution is -2.39. The molecule has 1 N–H and O–H groups in total. The molecule has 0 amide bonds. The minimum absolute atomic E-state index is 0.183. The van der Waals surface area contributed by atoms with Crippen LogP contribution in [-0.2, 0) is 10.0 Å². The summed E-state index contributed by atoms with van der Waals surface area (Å²) in [5, 5.41) is 3.57. The third kappa shape index (κ3) is 3.48. The summed E-state index contributed by atoms with van der Waals surface area (Å²) < 4.78 is 26.3. The number of benzene rings is 1. The zero-order valence-electron chi connectivity index (χ0n) is 11.0. The van der Waals surface area contributed by atoms with Gasteiger partial charge in [0.15, 0.2) is 0 Å². The average molecular weight is 303 g/mol. The molecule has 6 heteroatoms. The third-order valence-corrected chi connectivity index (χ3v) is 5.76. The molecule has 0 radical (unpaired) electrons. The maximum atomic E-state index is 12.4. The molecular formula is C13H19ClN2O2S. The minimum Gasteiger partial charge on any atom is -0.316 e. The van der Waals surface area contributed by atoms with E-state index in [1.165, 1.54) is 4.31 Å². The fourth-order valence-corrected chi connectivity index (χ4v) is 4.10. The van der Waals surface area contributed by atoms with Gasteiger partial charge in [0.1, 0.15) is 4.90 Å². The molecule has 0 bridgehead atoms. The van der Waals surface area contributed by atoms with Crippen LogP contribution in [-0.4, -0.2) is 39.4 Å². The summed E-state index contributed by atoms with van der Waals surface area (Å²) in [4.78, 5) is 0.183. The van der Waals surface area contributed by atoms with Crippen molar-refractivity contribution in [2.75, 3.05) is 26.7 Å². The Morgan fingerprint density at radius 2 is 2.16 bits per heavy atom. The van der Waals surface area contributed by atoms with Crippen molar-refractivity contribution in [1.82, 2.24) is 9.62 Å². The molecule has 19 heavy (non-hydrogen) atoms. The molecule has 1 aromatic rings. The van der Waals surface area contributed by atoms with Crippen LogP contribution in [0, 0.1) is 5.92 Å². The van der Waals surface area contributed by atoms with Crippen LogP contribution in [0.25, 0.3) is 0 Å². The predicted molar refractivity (Wildman–Crippen MR) is 76.9 cm³/mol. The molecule has 1 aromatic carbocycles. The van der Waals surface area contributed by atoms with Crippen molar-refractivity contribution >= 4 is 21.6 Å². The number of hydrogen-bond donors (Lipinski definition) is 1. The first-order valence-electron chi connectivity index (χ1n) is 6.43. The van der Waals surface area contributed by atoms with Crippen LogP contribution in [0.1, 0.15) is 12.8 Å². The highest BCUT2D eigenvalue weighted by Crippen LogP contribution is 2.24. The van der Waals surface area contributed by atoms with Crippen molar-refractivity contribution in [3.05, 3.63) is 29.3 Å². The molecule has 0 aliphatic carbocycles. The number of rotatable bonds is 4. The number of hydrogen-bond acceptors (Lipinski definition) is 3. The van der Waals surface area contributed by atoms with Crippen LogP contribution >= 0.6 is 11.6 Å². The normalized spacial score (nSPS) is 20.7. The Balaban J connectivity index is 2.13. The molecule has 2 rings (SSSR count). The molecule has 4 nitrogen and oxygen atoms in total. The van der Waals surface area contributed by atoms with E-state index in [2.05, 4.69) is 5.32 Å². The molecular weight excluding hydrogens is 284 g/mol. The van der Waals surface area contributed by atoms with Crippen molar-refractivity contribution in [3.8, 4) is 0 Å². The fourth-order valence-electron chi connectivity index (χ4n) is 2.36. The van der Waals surface area contributed by atoms with Crippen LogP contribution < -0.4 is 5.32 Å². The summed E-state index contributed by atoms with van der Waals surface area (Å²) in [7, 11) is -1.88. The van der Waals surface area contributed by atoms with E-state index in [4.69, 9.17) is 11.6 Å². The summed E-state index contributed by atoms with van der Waals surface area (Å²) >= 11 is 5.98. The van der Waals surface area contributed by atoms with E-state index in [0.717, 1.165) is 25.9 Å². The lowest BCUT2D eigenvalue weighted by molar-refractivity contribution is 0.315. The fraction of sp³-hybridized carbons (Fsp3) is 0.538. The van der Waals surface area contributed by atoms with Crippen molar-refractivity contribution in [3.63, 3.8) is 0 Å². The Morgan fingerprint density at radius 3 is 2.79 bits per heavy atom. The van der Waals surface area contributed by atoms with E-state index in [9.17, 15) is 8.42 Å². The number of nitrogens with one attached hydrogen (secondary N) is 1. The van der Waals surface area contributed by atoms with Crippen LogP contribution in [0.3, 0.4) is 0 Å². The summed E-state index contributed by atoms with van der Waals surface area (Å²) in [6.45, 7) is 2.43. The first-order chi connectivity index (χ1) is 9.01. The Morgan fingerprint density at radius 1 is 1.42 bits per heavy atom. The second-order valence-electron chi connectivity index (χ2n) is 4.93. The summed E-state index contributed by atoms with van der Waals surface area (Å²) in [6, 6.07) is 6.57. The quantitative estimate of drug-likeness (QED) is 0.925. The minimum atomic E-state index is -3.50. The Bertz CT molecular complexity index is 527. The van der Waals surface area contributed by atoms with Gasteiger partial charge in [-0.2, -0.15) is 0 Å². The van der Waals surface area contributed by atoms with Gasteiger partial charge in [-0.1, -0.05) is 23.7 Å². The van der Waals surface area contributed by atoms with Crippen LogP contribution in [0.4, 0.5) is 0 Å². The number of halogens is 1. The molecule has 1 atom stereocenters. The first kappa shape index (κ1) is 14.8. The summed E-state index contributed by atoms with van der Waals surface area (Å²) in [5.41, 5.74) is 0. The molecule has 0 aromatic heterocycles. The van der Waals surface area contributed by atoms with Crippen LogP contribution in [0.2, 0.25) is 5.02 Å².